The molecular weight excluding hydrogens is 585 g/mol. The zero-order chi connectivity index (χ0) is 31.9. The minimum Gasteiger partial charge on any atom is -0.508 e. The van der Waals surface area contributed by atoms with Crippen LogP contribution >= 0.6 is 0 Å². The molecule has 2 N–H and O–H groups in total. The number of hydrogen-bond acceptors (Lipinski definition) is 7. The number of aromatic nitrogens is 2. The van der Waals surface area contributed by atoms with Crippen molar-refractivity contribution in [2.24, 2.45) is 29.6 Å². The first-order valence-electron chi connectivity index (χ1n) is 16.3. The van der Waals surface area contributed by atoms with E-state index in [1.807, 2.05) is 0 Å². The van der Waals surface area contributed by atoms with Crippen molar-refractivity contribution in [2.75, 3.05) is 11.4 Å². The van der Waals surface area contributed by atoms with Crippen LogP contribution < -0.4 is 10.2 Å². The molecule has 8 rings (SSSR count). The van der Waals surface area contributed by atoms with Crippen LogP contribution in [-0.4, -0.2) is 44.6 Å². The number of nitrogens with one attached hydrogen (secondary N) is 1. The molecule has 8 nitrogen and oxygen atoms in total. The summed E-state index contributed by atoms with van der Waals surface area (Å²) in [6.45, 7) is 5.64. The Bertz CT molecular complexity index is 1490. The Morgan fingerprint density at radius 3 is 2.27 bits per heavy atom. The number of aromatic hydroxyl groups is 1. The van der Waals surface area contributed by atoms with Gasteiger partial charge >= 0.3 is 12.1 Å². The van der Waals surface area contributed by atoms with E-state index < -0.39 is 40.5 Å². The van der Waals surface area contributed by atoms with Gasteiger partial charge in [0.15, 0.2) is 5.69 Å². The van der Waals surface area contributed by atoms with Crippen LogP contribution in [0.4, 0.5) is 24.8 Å². The molecule has 5 saturated carbocycles. The zero-order valence-corrected chi connectivity index (χ0v) is 26.0. The summed E-state index contributed by atoms with van der Waals surface area (Å²) in [7, 11) is 0. The maximum atomic E-state index is 14.7. The number of hydrogen-bond donors (Lipinski definition) is 2. The van der Waals surface area contributed by atoms with Crippen molar-refractivity contribution in [3.05, 3.63) is 41.2 Å². The molecule has 2 aromatic rings. The van der Waals surface area contributed by atoms with E-state index >= 15 is 0 Å². The fourth-order valence-corrected chi connectivity index (χ4v) is 9.45. The van der Waals surface area contributed by atoms with Gasteiger partial charge in [0.05, 0.1) is 5.56 Å². The predicted molar refractivity (Wildman–Crippen MR) is 160 cm³/mol. The summed E-state index contributed by atoms with van der Waals surface area (Å²) in [4.78, 5) is 37.8. The number of nitrogens with zero attached hydrogens (tertiary/aromatic N) is 3. The SMILES string of the molecule is CC(C)(C)OC(=O)C1(NC(=O)c2cnc(N3CC(C4CCCC4)c4cc(O)ccc43)nc2C(F)(F)F)C2CC3CC(C2)CC1C3. The zero-order valence-electron chi connectivity index (χ0n) is 26.0. The molecule has 242 valence electrons. The Labute approximate surface area is 261 Å². The average molecular weight is 627 g/mol. The van der Waals surface area contributed by atoms with Crippen LogP contribution in [0.15, 0.2) is 24.4 Å². The van der Waals surface area contributed by atoms with Crippen molar-refractivity contribution in [3.63, 3.8) is 0 Å². The minimum atomic E-state index is -4.95. The largest absolute Gasteiger partial charge is 0.508 e. The number of carbonyl (C=O) groups excluding carboxylic acids is 2. The van der Waals surface area contributed by atoms with Crippen LogP contribution in [0.5, 0.6) is 5.75 Å². The minimum absolute atomic E-state index is 0.0288. The van der Waals surface area contributed by atoms with Gasteiger partial charge in [-0.25, -0.2) is 14.8 Å². The number of phenolic OH excluding ortho intramolecular Hbond substituents is 1. The van der Waals surface area contributed by atoms with E-state index in [1.165, 1.54) is 6.07 Å². The Morgan fingerprint density at radius 2 is 1.67 bits per heavy atom. The predicted octanol–water partition coefficient (Wildman–Crippen LogP) is 6.89. The van der Waals surface area contributed by atoms with Crippen LogP contribution in [0.2, 0.25) is 0 Å². The highest BCUT2D eigenvalue weighted by molar-refractivity contribution is 5.99. The van der Waals surface area contributed by atoms with Crippen molar-refractivity contribution in [3.8, 4) is 5.75 Å². The molecule has 45 heavy (non-hydrogen) atoms. The van der Waals surface area contributed by atoms with Crippen LogP contribution in [0.3, 0.4) is 0 Å². The third-order valence-corrected chi connectivity index (χ3v) is 11.1. The van der Waals surface area contributed by atoms with Crippen molar-refractivity contribution in [1.29, 1.82) is 0 Å². The Kier molecular flexibility index (Phi) is 7.13. The first-order valence-corrected chi connectivity index (χ1v) is 16.3. The second kappa shape index (κ2) is 10.6. The van der Waals surface area contributed by atoms with E-state index in [-0.39, 0.29) is 29.5 Å². The van der Waals surface area contributed by atoms with Gasteiger partial charge in [-0.05, 0) is 119 Å². The summed E-state index contributed by atoms with van der Waals surface area (Å²) in [6, 6.07) is 4.89. The number of fused-ring (bicyclic) bond motifs is 1. The monoisotopic (exact) mass is 626 g/mol. The topological polar surface area (TPSA) is 105 Å². The van der Waals surface area contributed by atoms with E-state index in [9.17, 15) is 27.9 Å². The fraction of sp³-hybridized carbons (Fsp3) is 0.647. The molecule has 1 aliphatic heterocycles. The van der Waals surface area contributed by atoms with E-state index in [4.69, 9.17) is 4.74 Å². The molecule has 0 radical (unpaired) electrons. The first kappa shape index (κ1) is 30.3. The quantitative estimate of drug-likeness (QED) is 0.348. The van der Waals surface area contributed by atoms with Crippen LogP contribution in [0, 0.1) is 29.6 Å². The third kappa shape index (κ3) is 5.23. The van der Waals surface area contributed by atoms with Crippen molar-refractivity contribution in [1.82, 2.24) is 15.3 Å². The lowest BCUT2D eigenvalue weighted by molar-refractivity contribution is -0.180. The maximum absolute atomic E-state index is 14.7. The second-order valence-electron chi connectivity index (χ2n) is 15.1. The van der Waals surface area contributed by atoms with Crippen LogP contribution in [0.1, 0.15) is 106 Å². The molecule has 0 saturated heterocycles. The highest BCUT2D eigenvalue weighted by Gasteiger charge is 2.63. The average Bonchev–Trinajstić information content (AvgIpc) is 3.61. The second-order valence-corrected chi connectivity index (χ2v) is 15.1. The van der Waals surface area contributed by atoms with Gasteiger partial charge in [-0.3, -0.25) is 4.79 Å². The number of amides is 1. The van der Waals surface area contributed by atoms with Crippen molar-refractivity contribution in [2.45, 2.75) is 102 Å². The number of ether oxygens (including phenoxy) is 1. The van der Waals surface area contributed by atoms with E-state index in [0.717, 1.165) is 69.5 Å². The van der Waals surface area contributed by atoms with E-state index in [0.29, 0.717) is 30.0 Å². The summed E-state index contributed by atoms with van der Waals surface area (Å²) >= 11 is 0. The number of benzene rings is 1. The summed E-state index contributed by atoms with van der Waals surface area (Å²) < 4.78 is 49.9. The van der Waals surface area contributed by atoms with Gasteiger partial charge in [0.25, 0.3) is 5.91 Å². The molecule has 1 aromatic heterocycles. The van der Waals surface area contributed by atoms with Crippen LogP contribution in [-0.2, 0) is 15.7 Å². The number of halogens is 3. The summed E-state index contributed by atoms with van der Waals surface area (Å²) in [5.41, 5.74) is -2.73. The number of rotatable bonds is 5. The van der Waals surface area contributed by atoms with E-state index in [1.54, 1.807) is 37.8 Å². The summed E-state index contributed by atoms with van der Waals surface area (Å²) in [5.74, 6) is -0.749. The van der Waals surface area contributed by atoms with Gasteiger partial charge < -0.3 is 20.1 Å². The molecule has 6 aliphatic rings. The smallest absolute Gasteiger partial charge is 0.434 e. The van der Waals surface area contributed by atoms with Gasteiger partial charge in [0.1, 0.15) is 16.9 Å². The number of esters is 1. The highest BCUT2D eigenvalue weighted by Crippen LogP contribution is 2.59. The number of anilines is 2. The lowest BCUT2D eigenvalue weighted by Crippen LogP contribution is -2.71. The first-order chi connectivity index (χ1) is 21.2. The van der Waals surface area contributed by atoms with Crippen molar-refractivity contribution >= 4 is 23.5 Å². The molecule has 1 amide bonds. The van der Waals surface area contributed by atoms with Gasteiger partial charge in [-0.15, -0.1) is 0 Å². The normalized spacial score (nSPS) is 30.9. The lowest BCUT2D eigenvalue weighted by Gasteiger charge is -2.59. The van der Waals surface area contributed by atoms with Gasteiger partial charge in [0.2, 0.25) is 5.95 Å². The number of phenols is 1. The molecule has 4 bridgehead atoms. The highest BCUT2D eigenvalue weighted by atomic mass is 19.4. The molecule has 1 unspecified atom stereocenters. The van der Waals surface area contributed by atoms with E-state index in [2.05, 4.69) is 15.3 Å². The molecule has 1 aromatic carbocycles. The number of alkyl halides is 3. The maximum Gasteiger partial charge on any atom is 0.434 e. The standard InChI is InChI=1S/C34H41F3N4O4/c1-32(2,3)45-30(44)33(21-11-18-10-19(13-21)14-22(33)12-18)40-29(43)25-16-38-31(39-28(25)34(35,36)37)41-17-26(20-6-4-5-7-20)24-15-23(42)8-9-27(24)41/h8-9,15-16,18-22,26,42H,4-7,10-14,17H2,1-3H3,(H,40,43). The van der Waals surface area contributed by atoms with Crippen molar-refractivity contribution < 1.29 is 32.6 Å². The molecule has 5 fully saturated rings. The molecule has 2 heterocycles. The molecule has 11 heteroatoms. The third-order valence-electron chi connectivity index (χ3n) is 11.1. The Hall–Kier alpha value is -3.37. The molecular formula is C34H41F3N4O4. The van der Waals surface area contributed by atoms with Gasteiger partial charge in [0, 0.05) is 24.3 Å². The van der Waals surface area contributed by atoms with Gasteiger partial charge in [-0.1, -0.05) is 12.8 Å². The fourth-order valence-electron chi connectivity index (χ4n) is 9.45. The summed E-state index contributed by atoms with van der Waals surface area (Å²) in [5, 5.41) is 13.1. The Morgan fingerprint density at radius 1 is 1.02 bits per heavy atom. The summed E-state index contributed by atoms with van der Waals surface area (Å²) in [6.07, 6.45) is 4.27. The molecule has 1 atom stereocenters. The molecule has 0 spiro atoms. The number of carbonyl (C=O) groups is 2. The Balaban J connectivity index is 1.24. The van der Waals surface area contributed by atoms with Gasteiger partial charge in [-0.2, -0.15) is 13.2 Å². The molecule has 5 aliphatic carbocycles. The van der Waals surface area contributed by atoms with Crippen LogP contribution in [0.25, 0.3) is 0 Å². The lowest BCUT2D eigenvalue weighted by atomic mass is 9.48.